The molecule has 0 amide bonds. The number of hydrogen-bond acceptors (Lipinski definition) is 4. The van der Waals surface area contributed by atoms with Gasteiger partial charge < -0.3 is 5.73 Å². The van der Waals surface area contributed by atoms with Crippen LogP contribution in [0.2, 0.25) is 0 Å². The van der Waals surface area contributed by atoms with Gasteiger partial charge in [-0.05, 0) is 29.3 Å². The zero-order chi connectivity index (χ0) is 16.5. The van der Waals surface area contributed by atoms with Crippen LogP contribution in [-0.4, -0.2) is 15.0 Å². The Kier molecular flexibility index (Phi) is 3.58. The van der Waals surface area contributed by atoms with Crippen LogP contribution < -0.4 is 5.73 Å². The Morgan fingerprint density at radius 3 is 2.58 bits per heavy atom. The van der Waals surface area contributed by atoms with Crippen LogP contribution in [0.25, 0.3) is 33.1 Å². The summed E-state index contributed by atoms with van der Waals surface area (Å²) >= 11 is 0. The van der Waals surface area contributed by atoms with E-state index in [2.05, 4.69) is 59.4 Å². The van der Waals surface area contributed by atoms with E-state index in [9.17, 15) is 0 Å². The zero-order valence-corrected chi connectivity index (χ0v) is 13.5. The molecule has 0 aliphatic carbocycles. The standard InChI is InChI=1S/C20H18N4/c1-2-6-17-19-18(24-20(21)23-17)12-11-16(22-19)15-10-5-8-13-7-3-4-9-14(13)15/h3-5,7-12H,2,6H2,1H3,(H2,21,23,24). The molecule has 0 saturated carbocycles. The average molecular weight is 314 g/mol. The van der Waals surface area contributed by atoms with Crippen molar-refractivity contribution in [2.24, 2.45) is 0 Å². The summed E-state index contributed by atoms with van der Waals surface area (Å²) in [5.74, 6) is 0.311. The highest BCUT2D eigenvalue weighted by Crippen LogP contribution is 2.29. The molecule has 2 heterocycles. The molecule has 2 N–H and O–H groups in total. The number of anilines is 1. The lowest BCUT2D eigenvalue weighted by Crippen LogP contribution is -2.02. The van der Waals surface area contributed by atoms with E-state index in [-0.39, 0.29) is 0 Å². The largest absolute Gasteiger partial charge is 0.368 e. The number of benzene rings is 2. The van der Waals surface area contributed by atoms with Crippen molar-refractivity contribution in [1.82, 2.24) is 15.0 Å². The fraction of sp³-hybridized carbons (Fsp3) is 0.150. The Balaban J connectivity index is 1.97. The van der Waals surface area contributed by atoms with Crippen molar-refractivity contribution < 1.29 is 0 Å². The van der Waals surface area contributed by atoms with Crippen LogP contribution in [0.1, 0.15) is 19.0 Å². The summed E-state index contributed by atoms with van der Waals surface area (Å²) in [4.78, 5) is 13.6. The molecule has 0 aliphatic heterocycles. The number of pyridine rings is 1. The molecule has 118 valence electrons. The minimum atomic E-state index is 0.311. The zero-order valence-electron chi connectivity index (χ0n) is 13.5. The lowest BCUT2D eigenvalue weighted by Gasteiger charge is -2.09. The third kappa shape index (κ3) is 2.46. The molecular formula is C20H18N4. The SMILES string of the molecule is CCCc1nc(N)nc2ccc(-c3cccc4ccccc34)nc12. The molecular weight excluding hydrogens is 296 g/mol. The Bertz CT molecular complexity index is 1030. The summed E-state index contributed by atoms with van der Waals surface area (Å²) in [6.07, 6.45) is 1.83. The van der Waals surface area contributed by atoms with E-state index in [1.165, 1.54) is 10.8 Å². The van der Waals surface area contributed by atoms with Gasteiger partial charge in [0, 0.05) is 5.56 Å². The van der Waals surface area contributed by atoms with Gasteiger partial charge in [0.2, 0.25) is 5.95 Å². The fourth-order valence-electron chi connectivity index (χ4n) is 3.10. The highest BCUT2D eigenvalue weighted by atomic mass is 15.0. The van der Waals surface area contributed by atoms with Crippen molar-refractivity contribution in [3.63, 3.8) is 0 Å². The number of nitrogens with zero attached hydrogens (tertiary/aromatic N) is 3. The van der Waals surface area contributed by atoms with Gasteiger partial charge in [-0.2, -0.15) is 0 Å². The van der Waals surface area contributed by atoms with E-state index in [0.717, 1.165) is 40.8 Å². The van der Waals surface area contributed by atoms with Gasteiger partial charge in [-0.1, -0.05) is 55.8 Å². The summed E-state index contributed by atoms with van der Waals surface area (Å²) in [6.45, 7) is 2.12. The third-order valence-electron chi connectivity index (χ3n) is 4.18. The van der Waals surface area contributed by atoms with E-state index in [0.29, 0.717) is 5.95 Å². The van der Waals surface area contributed by atoms with Gasteiger partial charge >= 0.3 is 0 Å². The number of aromatic nitrogens is 3. The van der Waals surface area contributed by atoms with Gasteiger partial charge in [-0.3, -0.25) is 0 Å². The van der Waals surface area contributed by atoms with Gasteiger partial charge in [0.1, 0.15) is 5.52 Å². The average Bonchev–Trinajstić information content (AvgIpc) is 2.61. The number of rotatable bonds is 3. The molecule has 4 rings (SSSR count). The van der Waals surface area contributed by atoms with Crippen LogP contribution in [0.4, 0.5) is 5.95 Å². The molecule has 0 saturated heterocycles. The second-order valence-corrected chi connectivity index (χ2v) is 5.87. The van der Waals surface area contributed by atoms with Crippen LogP contribution in [0, 0.1) is 0 Å². The minimum absolute atomic E-state index is 0.311. The van der Waals surface area contributed by atoms with Crippen molar-refractivity contribution in [2.75, 3.05) is 5.73 Å². The van der Waals surface area contributed by atoms with E-state index in [1.807, 2.05) is 12.1 Å². The van der Waals surface area contributed by atoms with Crippen molar-refractivity contribution in [1.29, 1.82) is 0 Å². The molecule has 4 aromatic rings. The first-order valence-corrected chi connectivity index (χ1v) is 8.17. The minimum Gasteiger partial charge on any atom is -0.368 e. The number of nitrogen functional groups attached to an aromatic ring is 1. The number of hydrogen-bond donors (Lipinski definition) is 1. The highest BCUT2D eigenvalue weighted by Gasteiger charge is 2.11. The first-order valence-electron chi connectivity index (χ1n) is 8.17. The Labute approximate surface area is 140 Å². The van der Waals surface area contributed by atoms with Crippen LogP contribution in [-0.2, 0) is 6.42 Å². The molecule has 0 unspecified atom stereocenters. The van der Waals surface area contributed by atoms with Gasteiger partial charge in [0.05, 0.1) is 16.9 Å². The highest BCUT2D eigenvalue weighted by molar-refractivity contribution is 5.96. The summed E-state index contributed by atoms with van der Waals surface area (Å²) in [5, 5.41) is 2.40. The Hall–Kier alpha value is -3.01. The Morgan fingerprint density at radius 1 is 0.875 bits per heavy atom. The van der Waals surface area contributed by atoms with Crippen molar-refractivity contribution in [3.05, 3.63) is 60.3 Å². The number of aryl methyl sites for hydroxylation is 1. The Morgan fingerprint density at radius 2 is 1.71 bits per heavy atom. The van der Waals surface area contributed by atoms with Gasteiger partial charge in [-0.15, -0.1) is 0 Å². The van der Waals surface area contributed by atoms with Crippen molar-refractivity contribution in [2.45, 2.75) is 19.8 Å². The summed E-state index contributed by atoms with van der Waals surface area (Å²) < 4.78 is 0. The van der Waals surface area contributed by atoms with E-state index in [4.69, 9.17) is 10.7 Å². The molecule has 0 radical (unpaired) electrons. The van der Waals surface area contributed by atoms with E-state index < -0.39 is 0 Å². The van der Waals surface area contributed by atoms with Crippen LogP contribution in [0.15, 0.2) is 54.6 Å². The number of fused-ring (bicyclic) bond motifs is 2. The number of nitrogens with two attached hydrogens (primary N) is 1. The van der Waals surface area contributed by atoms with E-state index in [1.54, 1.807) is 0 Å². The molecule has 4 nitrogen and oxygen atoms in total. The van der Waals surface area contributed by atoms with Crippen LogP contribution in [0.5, 0.6) is 0 Å². The molecule has 2 aromatic carbocycles. The predicted octanol–water partition coefficient (Wildman–Crippen LogP) is 4.38. The smallest absolute Gasteiger partial charge is 0.220 e. The van der Waals surface area contributed by atoms with Gasteiger partial charge in [-0.25, -0.2) is 15.0 Å². The molecule has 0 aliphatic rings. The van der Waals surface area contributed by atoms with Crippen molar-refractivity contribution >= 4 is 27.8 Å². The molecule has 0 atom stereocenters. The lowest BCUT2D eigenvalue weighted by atomic mass is 10.0. The molecule has 0 spiro atoms. The normalized spacial score (nSPS) is 11.2. The first-order chi connectivity index (χ1) is 11.8. The maximum absolute atomic E-state index is 5.83. The van der Waals surface area contributed by atoms with Crippen LogP contribution in [0.3, 0.4) is 0 Å². The summed E-state index contributed by atoms with van der Waals surface area (Å²) in [6, 6.07) is 18.6. The monoisotopic (exact) mass is 314 g/mol. The van der Waals surface area contributed by atoms with Gasteiger partial charge in [0.15, 0.2) is 0 Å². The van der Waals surface area contributed by atoms with E-state index >= 15 is 0 Å². The van der Waals surface area contributed by atoms with Crippen LogP contribution >= 0.6 is 0 Å². The fourth-order valence-corrected chi connectivity index (χ4v) is 3.10. The lowest BCUT2D eigenvalue weighted by molar-refractivity contribution is 0.885. The second-order valence-electron chi connectivity index (χ2n) is 5.87. The first kappa shape index (κ1) is 14.6. The quantitative estimate of drug-likeness (QED) is 0.609. The topological polar surface area (TPSA) is 64.7 Å². The summed E-state index contributed by atoms with van der Waals surface area (Å²) in [7, 11) is 0. The summed E-state index contributed by atoms with van der Waals surface area (Å²) in [5.41, 5.74) is 10.4. The van der Waals surface area contributed by atoms with Gasteiger partial charge in [0.25, 0.3) is 0 Å². The predicted molar refractivity (Wildman–Crippen MR) is 98.7 cm³/mol. The maximum Gasteiger partial charge on any atom is 0.220 e. The third-order valence-corrected chi connectivity index (χ3v) is 4.18. The molecule has 0 bridgehead atoms. The maximum atomic E-state index is 5.83. The second kappa shape index (κ2) is 5.89. The van der Waals surface area contributed by atoms with Crippen molar-refractivity contribution in [3.8, 4) is 11.3 Å². The molecule has 0 fully saturated rings. The molecule has 2 aromatic heterocycles. The molecule has 4 heteroatoms. The molecule has 24 heavy (non-hydrogen) atoms.